The molecular formula is C12H16F2O2S. The van der Waals surface area contributed by atoms with E-state index in [4.69, 9.17) is 0 Å². The maximum atomic E-state index is 13.8. The van der Waals surface area contributed by atoms with Crippen LogP contribution in [0.25, 0.3) is 0 Å². The van der Waals surface area contributed by atoms with Crippen molar-refractivity contribution < 1.29 is 17.2 Å². The van der Waals surface area contributed by atoms with Gasteiger partial charge in [-0.1, -0.05) is 25.1 Å². The number of hydrogen-bond acceptors (Lipinski definition) is 2. The molecule has 0 spiro atoms. The number of hydrogen-bond donors (Lipinski definition) is 0. The van der Waals surface area contributed by atoms with Crippen molar-refractivity contribution in [3.63, 3.8) is 0 Å². The second kappa shape index (κ2) is 6.10. The average Bonchev–Trinajstić information content (AvgIpc) is 2.36. The first kappa shape index (κ1) is 14.1. The van der Waals surface area contributed by atoms with Crippen LogP contribution in [-0.4, -0.2) is 20.8 Å². The summed E-state index contributed by atoms with van der Waals surface area (Å²) in [5.41, 5.74) is 0.141. The lowest BCUT2D eigenvalue weighted by Crippen LogP contribution is -2.08. The molecule has 1 aromatic rings. The van der Waals surface area contributed by atoms with Gasteiger partial charge in [0.25, 0.3) is 0 Å². The van der Waals surface area contributed by atoms with Crippen LogP contribution in [-0.2, 0) is 9.84 Å². The maximum absolute atomic E-state index is 13.8. The Morgan fingerprint density at radius 1 is 1.29 bits per heavy atom. The lowest BCUT2D eigenvalue weighted by Gasteiger charge is -2.12. The highest BCUT2D eigenvalue weighted by atomic mass is 32.2. The summed E-state index contributed by atoms with van der Waals surface area (Å²) >= 11 is 0. The summed E-state index contributed by atoms with van der Waals surface area (Å²) in [5, 5.41) is 0. The number of sulfone groups is 1. The molecule has 0 aliphatic rings. The van der Waals surface area contributed by atoms with E-state index >= 15 is 0 Å². The number of rotatable bonds is 6. The largest absolute Gasteiger partial charge is 0.251 e. The lowest BCUT2D eigenvalue weighted by atomic mass is 10.1. The molecule has 1 unspecified atom stereocenters. The standard InChI is InChI=1S/C12H16F2O2S/c1-2-17(15,16)12-8-4-3-6-10(12)11(14)7-5-9-13/h3-4,6,8,11H,2,5,7,9H2,1H3. The van der Waals surface area contributed by atoms with E-state index in [1.165, 1.54) is 19.1 Å². The van der Waals surface area contributed by atoms with E-state index in [1.54, 1.807) is 12.1 Å². The topological polar surface area (TPSA) is 34.1 Å². The minimum atomic E-state index is -3.43. The minimum absolute atomic E-state index is 0.00669. The number of halogens is 2. The van der Waals surface area contributed by atoms with Crippen LogP contribution < -0.4 is 0 Å². The maximum Gasteiger partial charge on any atom is 0.178 e. The molecule has 2 nitrogen and oxygen atoms in total. The zero-order valence-corrected chi connectivity index (χ0v) is 10.5. The van der Waals surface area contributed by atoms with Crippen molar-refractivity contribution in [3.8, 4) is 0 Å². The Bertz CT molecular complexity index is 457. The molecule has 96 valence electrons. The number of benzene rings is 1. The monoisotopic (exact) mass is 262 g/mol. The lowest BCUT2D eigenvalue weighted by molar-refractivity contribution is 0.297. The molecule has 0 radical (unpaired) electrons. The van der Waals surface area contributed by atoms with Gasteiger partial charge in [0.1, 0.15) is 6.17 Å². The Morgan fingerprint density at radius 2 is 1.94 bits per heavy atom. The van der Waals surface area contributed by atoms with E-state index in [-0.39, 0.29) is 29.1 Å². The normalized spacial score (nSPS) is 13.6. The summed E-state index contributed by atoms with van der Waals surface area (Å²) in [4.78, 5) is 0.0221. The molecule has 1 atom stereocenters. The fourth-order valence-electron chi connectivity index (χ4n) is 1.59. The molecule has 5 heteroatoms. The Balaban J connectivity index is 3.08. The molecule has 0 N–H and O–H groups in total. The van der Waals surface area contributed by atoms with Gasteiger partial charge in [-0.2, -0.15) is 0 Å². The minimum Gasteiger partial charge on any atom is -0.251 e. The highest BCUT2D eigenvalue weighted by Crippen LogP contribution is 2.29. The van der Waals surface area contributed by atoms with Gasteiger partial charge >= 0.3 is 0 Å². The van der Waals surface area contributed by atoms with Crippen LogP contribution in [0.5, 0.6) is 0 Å². The van der Waals surface area contributed by atoms with Gasteiger partial charge in [0.15, 0.2) is 9.84 Å². The zero-order chi connectivity index (χ0) is 12.9. The van der Waals surface area contributed by atoms with Gasteiger partial charge in [-0.05, 0) is 18.9 Å². The molecule has 0 aliphatic carbocycles. The zero-order valence-electron chi connectivity index (χ0n) is 9.70. The molecule has 1 aromatic carbocycles. The van der Waals surface area contributed by atoms with E-state index in [1.807, 2.05) is 0 Å². The van der Waals surface area contributed by atoms with E-state index in [2.05, 4.69) is 0 Å². The fourth-order valence-corrected chi connectivity index (χ4v) is 2.74. The van der Waals surface area contributed by atoms with Gasteiger partial charge in [-0.3, -0.25) is 4.39 Å². The van der Waals surface area contributed by atoms with Gasteiger partial charge in [0.2, 0.25) is 0 Å². The van der Waals surface area contributed by atoms with Gasteiger partial charge in [-0.15, -0.1) is 0 Å². The summed E-state index contributed by atoms with van der Waals surface area (Å²) in [5.74, 6) is -0.0696. The van der Waals surface area contributed by atoms with Crippen molar-refractivity contribution in [1.29, 1.82) is 0 Å². The predicted octanol–water partition coefficient (Wildman–Crippen LogP) is 3.24. The molecule has 0 aromatic heterocycles. The summed E-state index contributed by atoms with van der Waals surface area (Å²) in [6.45, 7) is 0.921. The van der Waals surface area contributed by atoms with Gasteiger partial charge in [0.05, 0.1) is 17.3 Å². The molecular weight excluding hydrogens is 246 g/mol. The highest BCUT2D eigenvalue weighted by molar-refractivity contribution is 7.91. The molecule has 0 aliphatic heterocycles. The summed E-state index contributed by atoms with van der Waals surface area (Å²) in [7, 11) is -3.43. The fraction of sp³-hybridized carbons (Fsp3) is 0.500. The smallest absolute Gasteiger partial charge is 0.178 e. The van der Waals surface area contributed by atoms with Gasteiger partial charge in [0, 0.05) is 5.56 Å². The van der Waals surface area contributed by atoms with Crippen molar-refractivity contribution >= 4 is 9.84 Å². The number of alkyl halides is 2. The molecule has 0 amide bonds. The van der Waals surface area contributed by atoms with Crippen molar-refractivity contribution in [2.75, 3.05) is 12.4 Å². The van der Waals surface area contributed by atoms with Crippen molar-refractivity contribution in [3.05, 3.63) is 29.8 Å². The molecule has 1 rings (SSSR count). The van der Waals surface area contributed by atoms with Crippen LogP contribution >= 0.6 is 0 Å². The molecule has 0 bridgehead atoms. The van der Waals surface area contributed by atoms with Crippen LogP contribution in [0.15, 0.2) is 29.2 Å². The van der Waals surface area contributed by atoms with Crippen LogP contribution in [0, 0.1) is 0 Å². The van der Waals surface area contributed by atoms with Crippen LogP contribution in [0.2, 0.25) is 0 Å². The Labute approximate surface area is 101 Å². The SMILES string of the molecule is CCS(=O)(=O)c1ccccc1C(F)CCCF. The van der Waals surface area contributed by atoms with E-state index in [0.717, 1.165) is 0 Å². The van der Waals surface area contributed by atoms with E-state index < -0.39 is 22.7 Å². The quantitative estimate of drug-likeness (QED) is 0.788. The van der Waals surface area contributed by atoms with Gasteiger partial charge < -0.3 is 0 Å². The third-order valence-corrected chi connectivity index (χ3v) is 4.36. The summed E-state index contributed by atoms with van der Waals surface area (Å²) < 4.78 is 49.3. The molecule has 0 fully saturated rings. The average molecular weight is 262 g/mol. The Kier molecular flexibility index (Phi) is 5.05. The molecule has 0 saturated heterocycles. The van der Waals surface area contributed by atoms with Crippen molar-refractivity contribution in [2.24, 2.45) is 0 Å². The molecule has 0 heterocycles. The van der Waals surface area contributed by atoms with Crippen molar-refractivity contribution in [2.45, 2.75) is 30.8 Å². The highest BCUT2D eigenvalue weighted by Gasteiger charge is 2.21. The van der Waals surface area contributed by atoms with Crippen LogP contribution in [0.3, 0.4) is 0 Å². The third-order valence-electron chi connectivity index (χ3n) is 2.56. The first-order valence-electron chi connectivity index (χ1n) is 5.54. The van der Waals surface area contributed by atoms with E-state index in [9.17, 15) is 17.2 Å². The van der Waals surface area contributed by atoms with Crippen LogP contribution in [0.4, 0.5) is 8.78 Å². The second-order valence-corrected chi connectivity index (χ2v) is 5.99. The second-order valence-electron chi connectivity index (χ2n) is 3.74. The molecule has 0 saturated carbocycles. The first-order chi connectivity index (χ1) is 8.03. The van der Waals surface area contributed by atoms with E-state index in [0.29, 0.717) is 0 Å². The third kappa shape index (κ3) is 3.49. The van der Waals surface area contributed by atoms with Gasteiger partial charge in [-0.25, -0.2) is 12.8 Å². The summed E-state index contributed by atoms with van der Waals surface area (Å²) in [6.07, 6.45) is -1.32. The van der Waals surface area contributed by atoms with Crippen molar-refractivity contribution in [1.82, 2.24) is 0 Å². The van der Waals surface area contributed by atoms with Crippen LogP contribution in [0.1, 0.15) is 31.5 Å². The Hall–Kier alpha value is -0.970. The first-order valence-corrected chi connectivity index (χ1v) is 7.20. The Morgan fingerprint density at radius 3 is 2.53 bits per heavy atom. The predicted molar refractivity (Wildman–Crippen MR) is 63.2 cm³/mol. The molecule has 17 heavy (non-hydrogen) atoms. The summed E-state index contributed by atoms with van der Waals surface area (Å²) in [6, 6.07) is 6.00.